The molecule has 4 aliphatic heterocycles. The number of halogens is 3. The van der Waals surface area contributed by atoms with E-state index in [1.54, 1.807) is 23.2 Å². The topological polar surface area (TPSA) is 100 Å². The van der Waals surface area contributed by atoms with Crippen molar-refractivity contribution in [3.63, 3.8) is 0 Å². The molecule has 4 fully saturated rings. The Bertz CT molecular complexity index is 2350. The molecule has 2 unspecified atom stereocenters. The summed E-state index contributed by atoms with van der Waals surface area (Å²) in [6.45, 7) is 2.50. The van der Waals surface area contributed by atoms with Crippen molar-refractivity contribution < 1.29 is 22.7 Å². The van der Waals surface area contributed by atoms with Crippen LogP contribution in [0.2, 0.25) is 0 Å². The van der Waals surface area contributed by atoms with E-state index in [2.05, 4.69) is 30.8 Å². The van der Waals surface area contributed by atoms with Gasteiger partial charge in [0.25, 0.3) is 5.91 Å². The van der Waals surface area contributed by atoms with Crippen molar-refractivity contribution in [1.29, 1.82) is 0 Å². The van der Waals surface area contributed by atoms with Gasteiger partial charge in [-0.25, -0.2) is 23.1 Å². The lowest BCUT2D eigenvalue weighted by Gasteiger charge is -2.50. The number of carbonyl (C=O) groups is 1. The number of hydrogen-bond donors (Lipinski definition) is 0. The molecule has 4 saturated heterocycles. The average molecular weight is 717 g/mol. The van der Waals surface area contributed by atoms with Crippen molar-refractivity contribution in [2.75, 3.05) is 44.2 Å². The quantitative estimate of drug-likeness (QED) is 0.151. The molecule has 0 N–H and O–H groups in total. The number of terminal acetylenes is 1. The SMILES string of the molecule is C#Cc1cccc2cccc(-c3ncc4c(N5CCC6(CCN6C(=O)/C(F)=C/c6ncccn6)C5)nc(OCC56CCCN5C[C@H](F)C6)nc4c3F)c12. The summed E-state index contributed by atoms with van der Waals surface area (Å²) >= 11 is 0. The lowest BCUT2D eigenvalue weighted by Crippen LogP contribution is -2.63. The van der Waals surface area contributed by atoms with Gasteiger partial charge in [-0.1, -0.05) is 36.3 Å². The highest BCUT2D eigenvalue weighted by atomic mass is 19.1. The van der Waals surface area contributed by atoms with Gasteiger partial charge in [0, 0.05) is 73.8 Å². The zero-order chi connectivity index (χ0) is 36.3. The Morgan fingerprint density at radius 3 is 2.64 bits per heavy atom. The molecule has 268 valence electrons. The largest absolute Gasteiger partial charge is 0.461 e. The molecule has 10 nitrogen and oxygen atoms in total. The fourth-order valence-corrected chi connectivity index (χ4v) is 8.83. The molecule has 1 spiro atoms. The number of benzene rings is 2. The molecule has 0 saturated carbocycles. The van der Waals surface area contributed by atoms with Gasteiger partial charge < -0.3 is 14.5 Å². The molecule has 3 aromatic heterocycles. The minimum absolute atomic E-state index is 0.0140. The molecule has 4 aliphatic rings. The van der Waals surface area contributed by atoms with Crippen molar-refractivity contribution >= 4 is 39.5 Å². The van der Waals surface area contributed by atoms with Crippen LogP contribution < -0.4 is 9.64 Å². The fraction of sp³-hybridized carbons (Fsp3) is 0.350. The molecule has 7 heterocycles. The van der Waals surface area contributed by atoms with Crippen LogP contribution in [0.5, 0.6) is 6.01 Å². The smallest absolute Gasteiger partial charge is 0.319 e. The van der Waals surface area contributed by atoms with Gasteiger partial charge in [0.2, 0.25) is 0 Å². The maximum absolute atomic E-state index is 17.0. The molecule has 0 radical (unpaired) electrons. The van der Waals surface area contributed by atoms with Crippen molar-refractivity contribution in [3.05, 3.63) is 84.1 Å². The zero-order valence-corrected chi connectivity index (χ0v) is 28.8. The number of hydrogen-bond acceptors (Lipinski definition) is 9. The molecule has 53 heavy (non-hydrogen) atoms. The Labute approximate surface area is 303 Å². The second kappa shape index (κ2) is 12.8. The van der Waals surface area contributed by atoms with Crippen LogP contribution in [0.15, 0.2) is 66.9 Å². The summed E-state index contributed by atoms with van der Waals surface area (Å²) in [7, 11) is 0. The van der Waals surface area contributed by atoms with Crippen LogP contribution in [0.1, 0.15) is 43.5 Å². The number of rotatable bonds is 7. The first-order valence-corrected chi connectivity index (χ1v) is 17.9. The first-order valence-electron chi connectivity index (χ1n) is 17.9. The predicted octanol–water partition coefficient (Wildman–Crippen LogP) is 5.90. The summed E-state index contributed by atoms with van der Waals surface area (Å²) in [4.78, 5) is 41.1. The third kappa shape index (κ3) is 5.55. The summed E-state index contributed by atoms with van der Waals surface area (Å²) in [5.41, 5.74) is 0.109. The standard InChI is InChI=1S/C40H35F3N8O2/c1-2-25-7-3-8-26-9-4-10-28(32(25)26)34-33(43)35-29(21-46-34)36(48-38(47-35)53-24-40-11-5-16-50(40)22-27(41)20-40)49-17-12-39(23-49)13-18-51(39)37(52)30(42)19-31-44-14-6-15-45-31/h1,3-4,6-10,14-15,19,21,27H,5,11-13,16-18,20,22-24H2/b30-19-/t27-,39?,40?/m1/s1. The minimum atomic E-state index is -0.945. The highest BCUT2D eigenvalue weighted by Gasteiger charge is 2.53. The van der Waals surface area contributed by atoms with Crippen molar-refractivity contribution in [1.82, 2.24) is 34.7 Å². The summed E-state index contributed by atoms with van der Waals surface area (Å²) in [5.74, 6) is 0.872. The van der Waals surface area contributed by atoms with E-state index < -0.39 is 34.8 Å². The van der Waals surface area contributed by atoms with Crippen molar-refractivity contribution in [2.45, 2.75) is 49.4 Å². The van der Waals surface area contributed by atoms with E-state index >= 15 is 8.78 Å². The number of anilines is 1. The maximum Gasteiger partial charge on any atom is 0.319 e. The summed E-state index contributed by atoms with van der Waals surface area (Å²) in [6, 6.07) is 12.7. The van der Waals surface area contributed by atoms with Crippen LogP contribution >= 0.6 is 0 Å². The van der Waals surface area contributed by atoms with E-state index in [9.17, 15) is 9.18 Å². The van der Waals surface area contributed by atoms with E-state index in [4.69, 9.17) is 16.1 Å². The van der Waals surface area contributed by atoms with Crippen LogP contribution in [0, 0.1) is 18.2 Å². The molecule has 9 rings (SSSR count). The third-order valence-electron chi connectivity index (χ3n) is 11.5. The molecule has 1 amide bonds. The Hall–Kier alpha value is -5.61. The molecule has 0 bridgehead atoms. The highest BCUT2D eigenvalue weighted by molar-refractivity contribution is 6.02. The van der Waals surface area contributed by atoms with E-state index in [1.807, 2.05) is 35.2 Å². The second-order valence-electron chi connectivity index (χ2n) is 14.4. The predicted molar refractivity (Wildman–Crippen MR) is 194 cm³/mol. The van der Waals surface area contributed by atoms with Gasteiger partial charge >= 0.3 is 6.01 Å². The number of alkyl halides is 1. The van der Waals surface area contributed by atoms with Gasteiger partial charge in [0.1, 0.15) is 29.8 Å². The first-order chi connectivity index (χ1) is 25.8. The lowest BCUT2D eigenvalue weighted by atomic mass is 9.83. The Kier molecular flexibility index (Phi) is 8.03. The van der Waals surface area contributed by atoms with Gasteiger partial charge in [0.05, 0.1) is 16.5 Å². The van der Waals surface area contributed by atoms with Gasteiger partial charge in [0.15, 0.2) is 17.5 Å². The number of nitrogens with zero attached hydrogens (tertiary/aromatic N) is 8. The molecule has 3 atom stereocenters. The second-order valence-corrected chi connectivity index (χ2v) is 14.4. The number of likely N-dealkylation sites (tertiary alicyclic amines) is 1. The number of aromatic nitrogens is 5. The van der Waals surface area contributed by atoms with Crippen LogP contribution in [0.4, 0.5) is 19.0 Å². The monoisotopic (exact) mass is 716 g/mol. The van der Waals surface area contributed by atoms with Gasteiger partial charge in [-0.05, 0) is 49.7 Å². The maximum atomic E-state index is 17.0. The third-order valence-corrected chi connectivity index (χ3v) is 11.5. The molecule has 0 aliphatic carbocycles. The fourth-order valence-electron chi connectivity index (χ4n) is 8.83. The van der Waals surface area contributed by atoms with Gasteiger partial charge in [-0.3, -0.25) is 14.7 Å². The normalized spacial score (nSPS) is 24.2. The molecule has 13 heteroatoms. The minimum Gasteiger partial charge on any atom is -0.461 e. The highest BCUT2D eigenvalue weighted by Crippen LogP contribution is 2.44. The molecular weight excluding hydrogens is 681 g/mol. The molecule has 2 aromatic carbocycles. The van der Waals surface area contributed by atoms with Crippen LogP contribution in [-0.2, 0) is 4.79 Å². The lowest BCUT2D eigenvalue weighted by molar-refractivity contribution is -0.142. The summed E-state index contributed by atoms with van der Waals surface area (Å²) in [6.07, 6.45) is 13.8. The van der Waals surface area contributed by atoms with Crippen molar-refractivity contribution in [3.8, 4) is 29.6 Å². The Morgan fingerprint density at radius 2 is 1.85 bits per heavy atom. The zero-order valence-electron chi connectivity index (χ0n) is 28.8. The van der Waals surface area contributed by atoms with E-state index in [0.29, 0.717) is 73.2 Å². The van der Waals surface area contributed by atoms with Crippen LogP contribution in [-0.4, -0.2) is 97.2 Å². The number of ether oxygens (including phenoxy) is 1. The number of pyridine rings is 1. The van der Waals surface area contributed by atoms with Crippen LogP contribution in [0.3, 0.4) is 0 Å². The Morgan fingerprint density at radius 1 is 1.04 bits per heavy atom. The molecule has 5 aromatic rings. The van der Waals surface area contributed by atoms with E-state index in [1.165, 1.54) is 12.4 Å². The number of fused-ring (bicyclic) bond motifs is 3. The average Bonchev–Trinajstić information content (AvgIpc) is 3.87. The van der Waals surface area contributed by atoms with Crippen LogP contribution in [0.25, 0.3) is 39.0 Å². The van der Waals surface area contributed by atoms with Crippen molar-refractivity contribution in [2.24, 2.45) is 0 Å². The first kappa shape index (κ1) is 33.2. The van der Waals surface area contributed by atoms with Gasteiger partial charge in [-0.2, -0.15) is 9.97 Å². The summed E-state index contributed by atoms with van der Waals surface area (Å²) < 4.78 is 53.1. The molecular formula is C40H35F3N8O2. The Balaban J connectivity index is 1.09. The van der Waals surface area contributed by atoms with E-state index in [0.717, 1.165) is 30.8 Å². The number of amides is 1. The van der Waals surface area contributed by atoms with E-state index in [-0.39, 0.29) is 29.7 Å². The van der Waals surface area contributed by atoms with Gasteiger partial charge in [-0.15, -0.1) is 6.42 Å². The number of carbonyl (C=O) groups excluding carboxylic acids is 1. The summed E-state index contributed by atoms with van der Waals surface area (Å²) in [5, 5.41) is 1.91.